The van der Waals surface area contributed by atoms with Crippen LogP contribution in [0.3, 0.4) is 0 Å². The van der Waals surface area contributed by atoms with E-state index in [1.165, 1.54) is 90.4 Å². The van der Waals surface area contributed by atoms with Gasteiger partial charge in [0.25, 0.3) is 0 Å². The van der Waals surface area contributed by atoms with Crippen LogP contribution in [0.25, 0.3) is 0 Å². The molecule has 0 aromatic rings. The number of rotatable bonds is 4. The van der Waals surface area contributed by atoms with Crippen molar-refractivity contribution < 1.29 is 0 Å². The molecule has 0 aromatic carbocycles. The second-order valence-corrected chi connectivity index (χ2v) is 7.97. The standard InChI is InChI=1S/C18H34N2/c1-16-5-4-6-17(15-16)19-11-14-20-12-9-18(10-13-20)7-2-3-8-18/h16-17,19H,2-15H2,1H3. The lowest BCUT2D eigenvalue weighted by Gasteiger charge is -2.39. The monoisotopic (exact) mass is 278 g/mol. The molecule has 0 bridgehead atoms. The quantitative estimate of drug-likeness (QED) is 0.841. The lowest BCUT2D eigenvalue weighted by Crippen LogP contribution is -2.44. The van der Waals surface area contributed by atoms with Gasteiger partial charge in [0.05, 0.1) is 0 Å². The summed E-state index contributed by atoms with van der Waals surface area (Å²) < 4.78 is 0. The molecule has 3 fully saturated rings. The van der Waals surface area contributed by atoms with Crippen LogP contribution in [0.1, 0.15) is 71.1 Å². The molecule has 116 valence electrons. The minimum Gasteiger partial charge on any atom is -0.313 e. The fraction of sp³-hybridized carbons (Fsp3) is 1.00. The van der Waals surface area contributed by atoms with Crippen molar-refractivity contribution in [3.63, 3.8) is 0 Å². The van der Waals surface area contributed by atoms with Crippen molar-refractivity contribution in [3.8, 4) is 0 Å². The van der Waals surface area contributed by atoms with E-state index in [4.69, 9.17) is 0 Å². The van der Waals surface area contributed by atoms with E-state index in [1.54, 1.807) is 0 Å². The van der Waals surface area contributed by atoms with Crippen molar-refractivity contribution in [1.29, 1.82) is 0 Å². The number of nitrogens with one attached hydrogen (secondary N) is 1. The van der Waals surface area contributed by atoms with Crippen LogP contribution in [0, 0.1) is 11.3 Å². The average Bonchev–Trinajstić information content (AvgIpc) is 2.90. The van der Waals surface area contributed by atoms with Crippen LogP contribution >= 0.6 is 0 Å². The third-order valence-corrected chi connectivity index (χ3v) is 6.38. The maximum atomic E-state index is 3.82. The molecule has 1 N–H and O–H groups in total. The minimum atomic E-state index is 0.780. The molecule has 2 nitrogen and oxygen atoms in total. The predicted molar refractivity (Wildman–Crippen MR) is 86.0 cm³/mol. The van der Waals surface area contributed by atoms with Gasteiger partial charge in [-0.3, -0.25) is 0 Å². The second-order valence-electron chi connectivity index (χ2n) is 7.97. The molecular weight excluding hydrogens is 244 g/mol. The maximum absolute atomic E-state index is 3.82. The molecular formula is C18H34N2. The molecule has 0 radical (unpaired) electrons. The summed E-state index contributed by atoms with van der Waals surface area (Å²) in [6, 6.07) is 0.810. The van der Waals surface area contributed by atoms with Gasteiger partial charge in [0, 0.05) is 19.1 Å². The van der Waals surface area contributed by atoms with Gasteiger partial charge in [0.1, 0.15) is 0 Å². The van der Waals surface area contributed by atoms with Gasteiger partial charge >= 0.3 is 0 Å². The first-order valence-corrected chi connectivity index (χ1v) is 9.22. The molecule has 2 saturated carbocycles. The molecule has 2 atom stereocenters. The molecule has 1 saturated heterocycles. The number of nitrogens with zero attached hydrogens (tertiary/aromatic N) is 1. The van der Waals surface area contributed by atoms with E-state index in [-0.39, 0.29) is 0 Å². The molecule has 3 aliphatic rings. The van der Waals surface area contributed by atoms with Gasteiger partial charge in [-0.25, -0.2) is 0 Å². The van der Waals surface area contributed by atoms with Crippen molar-refractivity contribution in [2.45, 2.75) is 77.2 Å². The molecule has 20 heavy (non-hydrogen) atoms. The molecule has 3 rings (SSSR count). The topological polar surface area (TPSA) is 15.3 Å². The van der Waals surface area contributed by atoms with E-state index in [9.17, 15) is 0 Å². The summed E-state index contributed by atoms with van der Waals surface area (Å²) >= 11 is 0. The molecule has 2 aliphatic carbocycles. The van der Waals surface area contributed by atoms with Gasteiger partial charge in [0.2, 0.25) is 0 Å². The van der Waals surface area contributed by atoms with Crippen LogP contribution in [-0.2, 0) is 0 Å². The highest BCUT2D eigenvalue weighted by Crippen LogP contribution is 2.45. The van der Waals surface area contributed by atoms with E-state index in [2.05, 4.69) is 17.1 Å². The van der Waals surface area contributed by atoms with Gasteiger partial charge in [-0.2, -0.15) is 0 Å². The Kier molecular flexibility index (Phi) is 5.04. The first-order valence-electron chi connectivity index (χ1n) is 9.22. The number of hydrogen-bond donors (Lipinski definition) is 1. The van der Waals surface area contributed by atoms with Crippen LogP contribution in [0.5, 0.6) is 0 Å². The molecule has 1 spiro atoms. The first kappa shape index (κ1) is 14.8. The smallest absolute Gasteiger partial charge is 0.0107 e. The minimum absolute atomic E-state index is 0.780. The highest BCUT2D eigenvalue weighted by Gasteiger charge is 2.36. The summed E-state index contributed by atoms with van der Waals surface area (Å²) in [4.78, 5) is 2.71. The Morgan fingerprint density at radius 2 is 1.75 bits per heavy atom. The summed E-state index contributed by atoms with van der Waals surface area (Å²) in [7, 11) is 0. The van der Waals surface area contributed by atoms with Crippen molar-refractivity contribution in [1.82, 2.24) is 10.2 Å². The van der Waals surface area contributed by atoms with E-state index in [0.717, 1.165) is 17.4 Å². The van der Waals surface area contributed by atoms with Crippen molar-refractivity contribution in [2.75, 3.05) is 26.2 Å². The fourth-order valence-electron chi connectivity index (χ4n) is 4.92. The zero-order valence-corrected chi connectivity index (χ0v) is 13.5. The largest absolute Gasteiger partial charge is 0.313 e. The first-order chi connectivity index (χ1) is 9.76. The Hall–Kier alpha value is -0.0800. The maximum Gasteiger partial charge on any atom is 0.0107 e. The Balaban J connectivity index is 1.31. The van der Waals surface area contributed by atoms with Gasteiger partial charge < -0.3 is 10.2 Å². The zero-order chi connectivity index (χ0) is 13.8. The lowest BCUT2D eigenvalue weighted by atomic mass is 9.77. The van der Waals surface area contributed by atoms with E-state index < -0.39 is 0 Å². The second kappa shape index (κ2) is 6.79. The summed E-state index contributed by atoms with van der Waals surface area (Å²) in [6.07, 6.45) is 14.7. The summed E-state index contributed by atoms with van der Waals surface area (Å²) in [5, 5.41) is 3.82. The van der Waals surface area contributed by atoms with Crippen LogP contribution in [-0.4, -0.2) is 37.1 Å². The third kappa shape index (κ3) is 3.76. The molecule has 0 amide bonds. The average molecular weight is 278 g/mol. The highest BCUT2D eigenvalue weighted by molar-refractivity contribution is 4.89. The molecule has 2 unspecified atom stereocenters. The molecule has 1 heterocycles. The Morgan fingerprint density at radius 1 is 1.00 bits per heavy atom. The van der Waals surface area contributed by atoms with Crippen LogP contribution in [0.4, 0.5) is 0 Å². The fourth-order valence-corrected chi connectivity index (χ4v) is 4.92. The van der Waals surface area contributed by atoms with Crippen molar-refractivity contribution in [2.24, 2.45) is 11.3 Å². The molecule has 2 heteroatoms. The Labute approximate surface area is 125 Å². The highest BCUT2D eigenvalue weighted by atomic mass is 15.1. The normalized spacial score (nSPS) is 34.6. The summed E-state index contributed by atoms with van der Waals surface area (Å²) in [5.74, 6) is 0.943. The SMILES string of the molecule is CC1CCCC(NCCN2CCC3(CCCC3)CC2)C1. The lowest BCUT2D eigenvalue weighted by molar-refractivity contribution is 0.108. The Morgan fingerprint density at radius 3 is 2.45 bits per heavy atom. The molecule has 1 aliphatic heterocycles. The third-order valence-electron chi connectivity index (χ3n) is 6.38. The van der Waals surface area contributed by atoms with E-state index >= 15 is 0 Å². The van der Waals surface area contributed by atoms with Crippen LogP contribution in [0.2, 0.25) is 0 Å². The summed E-state index contributed by atoms with van der Waals surface area (Å²) in [6.45, 7) is 7.64. The van der Waals surface area contributed by atoms with Crippen LogP contribution in [0.15, 0.2) is 0 Å². The Bertz CT molecular complexity index is 286. The zero-order valence-electron chi connectivity index (χ0n) is 13.5. The van der Waals surface area contributed by atoms with Gasteiger partial charge in [0.15, 0.2) is 0 Å². The van der Waals surface area contributed by atoms with E-state index in [0.29, 0.717) is 0 Å². The van der Waals surface area contributed by atoms with Crippen molar-refractivity contribution in [3.05, 3.63) is 0 Å². The van der Waals surface area contributed by atoms with Crippen molar-refractivity contribution >= 4 is 0 Å². The predicted octanol–water partition coefficient (Wildman–Crippen LogP) is 3.81. The number of piperidine rings is 1. The van der Waals surface area contributed by atoms with Gasteiger partial charge in [-0.05, 0) is 62.9 Å². The molecule has 0 aromatic heterocycles. The van der Waals surface area contributed by atoms with Crippen LogP contribution < -0.4 is 5.32 Å². The summed E-state index contributed by atoms with van der Waals surface area (Å²) in [5.41, 5.74) is 0.780. The number of likely N-dealkylation sites (tertiary alicyclic amines) is 1. The van der Waals surface area contributed by atoms with E-state index in [1.807, 2.05) is 0 Å². The van der Waals surface area contributed by atoms with Gasteiger partial charge in [-0.1, -0.05) is 32.6 Å². The van der Waals surface area contributed by atoms with Gasteiger partial charge in [-0.15, -0.1) is 0 Å². The number of hydrogen-bond acceptors (Lipinski definition) is 2.